The molecule has 0 spiro atoms. The van der Waals surface area contributed by atoms with Gasteiger partial charge in [0.1, 0.15) is 10.9 Å². The van der Waals surface area contributed by atoms with Crippen molar-refractivity contribution in [1.82, 2.24) is 4.31 Å². The van der Waals surface area contributed by atoms with E-state index in [-0.39, 0.29) is 34.7 Å². The first-order chi connectivity index (χ1) is 17.1. The first-order valence-electron chi connectivity index (χ1n) is 10.6. The summed E-state index contributed by atoms with van der Waals surface area (Å²) in [4.78, 5) is 27.2. The van der Waals surface area contributed by atoms with Crippen LogP contribution in [0.2, 0.25) is 10.0 Å². The first-order valence-corrected chi connectivity index (χ1v) is 13.6. The number of carbonyl (C=O) groups excluding carboxylic acids is 2. The zero-order chi connectivity index (χ0) is 25.6. The summed E-state index contributed by atoms with van der Waals surface area (Å²) >= 11 is 15.6. The van der Waals surface area contributed by atoms with Crippen LogP contribution in [0.25, 0.3) is 0 Å². The van der Waals surface area contributed by atoms with Gasteiger partial charge in [0.15, 0.2) is 11.5 Å². The van der Waals surface area contributed by atoms with Crippen molar-refractivity contribution in [3.8, 4) is 11.5 Å². The van der Waals surface area contributed by atoms with E-state index in [1.165, 1.54) is 18.2 Å². The van der Waals surface area contributed by atoms with Gasteiger partial charge < -0.3 is 9.47 Å². The number of halogens is 3. The summed E-state index contributed by atoms with van der Waals surface area (Å²) < 4.78 is 40.3. The van der Waals surface area contributed by atoms with Gasteiger partial charge in [-0.1, -0.05) is 45.2 Å². The molecule has 1 unspecified atom stereocenters. The highest BCUT2D eigenvalue weighted by molar-refractivity contribution is 9.10. The van der Waals surface area contributed by atoms with E-state index in [9.17, 15) is 18.0 Å². The average molecular weight is 612 g/mol. The van der Waals surface area contributed by atoms with Crippen LogP contribution in [-0.4, -0.2) is 37.4 Å². The van der Waals surface area contributed by atoms with Gasteiger partial charge in [0.05, 0.1) is 17.1 Å². The number of hydrogen-bond acceptors (Lipinski definition) is 6. The van der Waals surface area contributed by atoms with Crippen LogP contribution in [0.1, 0.15) is 12.0 Å². The fourth-order valence-electron chi connectivity index (χ4n) is 4.09. The van der Waals surface area contributed by atoms with Crippen molar-refractivity contribution in [2.24, 2.45) is 0 Å². The van der Waals surface area contributed by atoms with Crippen LogP contribution < -0.4 is 14.4 Å². The standard InChI is InChI=1S/C24H17BrCl2N2O6S/c25-15-2-5-17(6-3-15)29-23(30)11-19(24(29)31)28(12-14-1-8-20-21(9-14)35-13-34-20)36(32,33)22-10-16(26)4-7-18(22)27/h1-10,19H,11-13H2. The van der Waals surface area contributed by atoms with Gasteiger partial charge in [0, 0.05) is 16.0 Å². The van der Waals surface area contributed by atoms with Crippen LogP contribution in [0.3, 0.4) is 0 Å². The molecule has 36 heavy (non-hydrogen) atoms. The molecule has 0 aliphatic carbocycles. The molecule has 2 heterocycles. The minimum atomic E-state index is -4.38. The van der Waals surface area contributed by atoms with Crippen LogP contribution >= 0.6 is 39.1 Å². The van der Waals surface area contributed by atoms with Crippen LogP contribution in [0, 0.1) is 0 Å². The number of rotatable bonds is 6. The van der Waals surface area contributed by atoms with Crippen molar-refractivity contribution >= 4 is 66.7 Å². The number of nitrogens with zero attached hydrogens (tertiary/aromatic N) is 2. The molecule has 1 fully saturated rings. The summed E-state index contributed by atoms with van der Waals surface area (Å²) in [6, 6.07) is 14.3. The smallest absolute Gasteiger partial charge is 0.252 e. The van der Waals surface area contributed by atoms with E-state index in [0.29, 0.717) is 22.7 Å². The Labute approximate surface area is 225 Å². The van der Waals surface area contributed by atoms with E-state index in [4.69, 9.17) is 32.7 Å². The number of ether oxygens (including phenoxy) is 2. The lowest BCUT2D eigenvalue weighted by Gasteiger charge is -2.27. The van der Waals surface area contributed by atoms with Gasteiger partial charge in [-0.2, -0.15) is 4.31 Å². The molecular formula is C24H17BrCl2N2O6S. The molecule has 0 radical (unpaired) electrons. The van der Waals surface area contributed by atoms with Gasteiger partial charge in [-0.05, 0) is 60.2 Å². The number of benzene rings is 3. The van der Waals surface area contributed by atoms with E-state index in [2.05, 4.69) is 15.9 Å². The van der Waals surface area contributed by atoms with Crippen molar-refractivity contribution in [3.05, 3.63) is 80.7 Å². The number of hydrogen-bond donors (Lipinski definition) is 0. The third kappa shape index (κ3) is 4.59. The summed E-state index contributed by atoms with van der Waals surface area (Å²) in [5.41, 5.74) is 0.875. The Morgan fingerprint density at radius 3 is 2.44 bits per heavy atom. The Bertz CT molecular complexity index is 1480. The molecule has 2 aliphatic heterocycles. The number of carbonyl (C=O) groups is 2. The van der Waals surface area contributed by atoms with Gasteiger partial charge in [-0.15, -0.1) is 0 Å². The van der Waals surface area contributed by atoms with Crippen LogP contribution in [-0.2, 0) is 26.2 Å². The van der Waals surface area contributed by atoms with Gasteiger partial charge in [0.2, 0.25) is 22.7 Å². The number of sulfonamides is 1. The minimum absolute atomic E-state index is 0.0523. The molecule has 0 saturated carbocycles. The summed E-state index contributed by atoms with van der Waals surface area (Å²) in [5, 5.41) is 0.0999. The molecule has 5 rings (SSSR count). The maximum absolute atomic E-state index is 13.9. The SMILES string of the molecule is O=C1CC(N(Cc2ccc3c(c2)OCO3)S(=O)(=O)c2cc(Cl)ccc2Cl)C(=O)N1c1ccc(Br)cc1. The number of anilines is 1. The second-order valence-corrected chi connectivity index (χ2v) is 11.7. The van der Waals surface area contributed by atoms with Crippen molar-refractivity contribution in [1.29, 1.82) is 0 Å². The van der Waals surface area contributed by atoms with E-state index >= 15 is 0 Å². The molecule has 8 nitrogen and oxygen atoms in total. The molecule has 1 atom stereocenters. The van der Waals surface area contributed by atoms with Crippen molar-refractivity contribution in [2.75, 3.05) is 11.7 Å². The third-order valence-corrected chi connectivity index (χ3v) is 8.91. The molecule has 0 N–H and O–H groups in total. The summed E-state index contributed by atoms with van der Waals surface area (Å²) in [6.07, 6.45) is -0.336. The van der Waals surface area contributed by atoms with Gasteiger partial charge in [0.25, 0.3) is 5.91 Å². The minimum Gasteiger partial charge on any atom is -0.454 e. The lowest BCUT2D eigenvalue weighted by Crippen LogP contribution is -2.45. The van der Waals surface area contributed by atoms with Crippen molar-refractivity contribution in [3.63, 3.8) is 0 Å². The second-order valence-electron chi connectivity index (χ2n) is 8.08. The molecule has 1 saturated heterocycles. The molecule has 2 amide bonds. The zero-order valence-electron chi connectivity index (χ0n) is 18.4. The van der Waals surface area contributed by atoms with Gasteiger partial charge in [-0.3, -0.25) is 9.59 Å². The normalized spacial score (nSPS) is 17.3. The maximum Gasteiger partial charge on any atom is 0.252 e. The topological polar surface area (TPSA) is 93.2 Å². The average Bonchev–Trinajstić information content (AvgIpc) is 3.43. The molecule has 12 heteroatoms. The van der Waals surface area contributed by atoms with Crippen LogP contribution in [0.5, 0.6) is 11.5 Å². The maximum atomic E-state index is 13.9. The molecule has 2 aliphatic rings. The molecule has 0 bridgehead atoms. The molecule has 3 aromatic carbocycles. The molecule has 186 valence electrons. The fourth-order valence-corrected chi connectivity index (χ4v) is 6.66. The Kier molecular flexibility index (Phi) is 6.73. The zero-order valence-corrected chi connectivity index (χ0v) is 22.3. The Morgan fingerprint density at radius 1 is 0.972 bits per heavy atom. The lowest BCUT2D eigenvalue weighted by molar-refractivity contribution is -0.122. The quantitative estimate of drug-likeness (QED) is 0.364. The molecule has 3 aromatic rings. The number of amides is 2. The fraction of sp³-hybridized carbons (Fsp3) is 0.167. The lowest BCUT2D eigenvalue weighted by atomic mass is 10.1. The van der Waals surface area contributed by atoms with E-state index in [1.54, 1.807) is 42.5 Å². The predicted octanol–water partition coefficient (Wildman–Crippen LogP) is 5.01. The second kappa shape index (κ2) is 9.68. The van der Waals surface area contributed by atoms with Crippen LogP contribution in [0.4, 0.5) is 5.69 Å². The van der Waals surface area contributed by atoms with E-state index in [0.717, 1.165) is 13.7 Å². The highest BCUT2D eigenvalue weighted by atomic mass is 79.9. The highest BCUT2D eigenvalue weighted by Gasteiger charge is 2.47. The third-order valence-electron chi connectivity index (χ3n) is 5.81. The number of fused-ring (bicyclic) bond motifs is 1. The molecule has 0 aromatic heterocycles. The summed E-state index contributed by atoms with van der Waals surface area (Å²) in [5.74, 6) is -0.198. The van der Waals surface area contributed by atoms with E-state index in [1.807, 2.05) is 0 Å². The first kappa shape index (κ1) is 25.0. The van der Waals surface area contributed by atoms with Crippen molar-refractivity contribution < 1.29 is 27.5 Å². The summed E-state index contributed by atoms with van der Waals surface area (Å²) in [6.45, 7) is -0.170. The van der Waals surface area contributed by atoms with E-state index < -0.39 is 27.9 Å². The largest absolute Gasteiger partial charge is 0.454 e. The predicted molar refractivity (Wildman–Crippen MR) is 137 cm³/mol. The molecular weight excluding hydrogens is 595 g/mol. The van der Waals surface area contributed by atoms with Gasteiger partial charge >= 0.3 is 0 Å². The Hall–Kier alpha value is -2.63. The monoisotopic (exact) mass is 610 g/mol. The summed E-state index contributed by atoms with van der Waals surface area (Å²) in [7, 11) is -4.38. The Balaban J connectivity index is 1.57. The Morgan fingerprint density at radius 2 is 1.69 bits per heavy atom. The van der Waals surface area contributed by atoms with Gasteiger partial charge in [-0.25, -0.2) is 13.3 Å². The van der Waals surface area contributed by atoms with Crippen molar-refractivity contribution in [2.45, 2.75) is 23.9 Å². The highest BCUT2D eigenvalue weighted by Crippen LogP contribution is 2.37. The number of imide groups is 1. The van der Waals surface area contributed by atoms with Crippen LogP contribution in [0.15, 0.2) is 70.0 Å².